The Balaban J connectivity index is 1.35. The van der Waals surface area contributed by atoms with Crippen molar-refractivity contribution in [2.75, 3.05) is 26.4 Å². The normalized spacial score (nSPS) is 17.9. The summed E-state index contributed by atoms with van der Waals surface area (Å²) in [6.45, 7) is 12.7. The van der Waals surface area contributed by atoms with Crippen molar-refractivity contribution in [1.29, 1.82) is 0 Å². The molecule has 6 aromatic rings. The maximum absolute atomic E-state index is 14.0. The predicted octanol–water partition coefficient (Wildman–Crippen LogP) is 9.15. The molecule has 0 amide bonds. The second-order valence-corrected chi connectivity index (χ2v) is 25.2. The largest absolute Gasteiger partial charge is 0.487 e. The first-order valence-electron chi connectivity index (χ1n) is 23.9. The minimum atomic E-state index is -4.54. The Bertz CT molecular complexity index is 2790. The maximum atomic E-state index is 14.0. The molecule has 4 aromatic carbocycles. The summed E-state index contributed by atoms with van der Waals surface area (Å²) < 4.78 is 103. The molecular weight excluding hydrogens is 1030 g/mol. The molecule has 0 saturated carbocycles. The van der Waals surface area contributed by atoms with Gasteiger partial charge in [-0.15, -0.1) is 0 Å². The standard InChI is InChI=1S/C52H62N2O16P4/c1-9-67-71(55,56)47-27-39-19-23-43(47)51(5,6)44-24-20-40(28-48(44)72(57,58)68-10-2)64-33-37-17-14-18-38(54-37)34-66-42-22-26-46(50(30-42)74(61,62)70-12-4)52(7,8)45-25-21-41(29-49(45)73(59,60)69-11-3)65-32-36-16-13-15-35(53-36)31-63-39/h13-30H,9-12,31-34H2,1-8H3,(H,55,56)(H,57,58)(H,59,60)(H,61,62). The molecule has 0 spiro atoms. The number of ether oxygens (including phenoxy) is 4. The summed E-state index contributed by atoms with van der Waals surface area (Å²) in [4.78, 5) is 55.2. The van der Waals surface area contributed by atoms with Gasteiger partial charge in [0.2, 0.25) is 0 Å². The van der Waals surface area contributed by atoms with Gasteiger partial charge in [0.15, 0.2) is 0 Å². The number of aromatic nitrogens is 2. The zero-order chi connectivity index (χ0) is 53.7. The van der Waals surface area contributed by atoms with Crippen LogP contribution in [0.15, 0.2) is 109 Å². The predicted molar refractivity (Wildman–Crippen MR) is 280 cm³/mol. The molecule has 396 valence electrons. The van der Waals surface area contributed by atoms with Crippen molar-refractivity contribution in [3.63, 3.8) is 0 Å². The lowest BCUT2D eigenvalue weighted by Crippen LogP contribution is -2.32. The van der Waals surface area contributed by atoms with E-state index in [1.165, 1.54) is 24.3 Å². The third kappa shape index (κ3) is 12.8. The molecule has 18 nitrogen and oxygen atoms in total. The van der Waals surface area contributed by atoms with Gasteiger partial charge in [-0.2, -0.15) is 0 Å². The van der Waals surface area contributed by atoms with E-state index in [1.807, 2.05) is 0 Å². The van der Waals surface area contributed by atoms with Crippen LogP contribution < -0.4 is 40.2 Å². The monoisotopic (exact) mass is 1090 g/mol. The summed E-state index contributed by atoms with van der Waals surface area (Å²) in [5.41, 5.74) is 0.672. The molecule has 12 bridgehead atoms. The fraction of sp³-hybridized carbons (Fsp3) is 0.346. The van der Waals surface area contributed by atoms with Gasteiger partial charge in [0.25, 0.3) is 0 Å². The van der Waals surface area contributed by atoms with Crippen LogP contribution in [0.1, 0.15) is 100 Å². The zero-order valence-corrected chi connectivity index (χ0v) is 46.0. The molecule has 12 heterocycles. The molecule has 4 unspecified atom stereocenters. The topological polar surface area (TPSA) is 249 Å². The molecule has 4 atom stereocenters. The maximum Gasteiger partial charge on any atom is 0.359 e. The fourth-order valence-electron chi connectivity index (χ4n) is 8.73. The second kappa shape index (κ2) is 23.1. The van der Waals surface area contributed by atoms with Gasteiger partial charge in [0, 0.05) is 10.8 Å². The van der Waals surface area contributed by atoms with E-state index in [9.17, 15) is 37.8 Å². The Morgan fingerprint density at radius 3 is 0.824 bits per heavy atom. The lowest BCUT2D eigenvalue weighted by atomic mass is 9.78. The van der Waals surface area contributed by atoms with Crippen LogP contribution in [-0.4, -0.2) is 56.0 Å². The first kappa shape index (κ1) is 56.7. The van der Waals surface area contributed by atoms with Gasteiger partial charge in [-0.1, -0.05) is 64.1 Å². The fourth-order valence-corrected chi connectivity index (χ4v) is 14.5. The van der Waals surface area contributed by atoms with E-state index < -0.39 is 41.2 Å². The highest BCUT2D eigenvalue weighted by atomic mass is 31.2. The summed E-state index contributed by atoms with van der Waals surface area (Å²) >= 11 is 0. The molecule has 0 aliphatic carbocycles. The Kier molecular flexibility index (Phi) is 17.7. The number of hydrogen-bond donors (Lipinski definition) is 4. The van der Waals surface area contributed by atoms with Crippen LogP contribution in [0.4, 0.5) is 0 Å². The van der Waals surface area contributed by atoms with E-state index in [1.54, 1.807) is 140 Å². The summed E-state index contributed by atoms with van der Waals surface area (Å²) in [6.07, 6.45) is 0. The van der Waals surface area contributed by atoms with Crippen molar-refractivity contribution in [2.45, 2.75) is 92.6 Å². The van der Waals surface area contributed by atoms with Crippen molar-refractivity contribution in [3.05, 3.63) is 154 Å². The summed E-state index contributed by atoms with van der Waals surface area (Å²) in [5.74, 6) is 0.831. The molecule has 4 N–H and O–H groups in total. The van der Waals surface area contributed by atoms with Gasteiger partial charge in [-0.05, 0) is 123 Å². The number of nitrogens with zero attached hydrogens (tertiary/aromatic N) is 2. The van der Waals surface area contributed by atoms with E-state index in [0.29, 0.717) is 45.0 Å². The van der Waals surface area contributed by atoms with Gasteiger partial charge in [-0.25, -0.2) is 0 Å². The van der Waals surface area contributed by atoms with Gasteiger partial charge in [0.05, 0.1) is 70.4 Å². The van der Waals surface area contributed by atoms with Gasteiger partial charge >= 0.3 is 30.4 Å². The van der Waals surface area contributed by atoms with Gasteiger partial charge < -0.3 is 56.6 Å². The van der Waals surface area contributed by atoms with Crippen LogP contribution in [-0.2, 0) is 73.6 Å². The van der Waals surface area contributed by atoms with Crippen LogP contribution in [0.2, 0.25) is 0 Å². The summed E-state index contributed by atoms with van der Waals surface area (Å²) in [6, 6.07) is 29.0. The van der Waals surface area contributed by atoms with Crippen molar-refractivity contribution < 1.29 is 74.9 Å². The first-order chi connectivity index (χ1) is 34.9. The molecule has 16 rings (SSSR count). The number of benzene rings is 4. The molecule has 22 heteroatoms. The minimum absolute atomic E-state index is 0.0804. The van der Waals surface area contributed by atoms with E-state index >= 15 is 0 Å². The zero-order valence-electron chi connectivity index (χ0n) is 42.4. The van der Waals surface area contributed by atoms with Gasteiger partial charge in [0.1, 0.15) is 49.4 Å². The van der Waals surface area contributed by atoms with Crippen molar-refractivity contribution in [2.24, 2.45) is 0 Å². The van der Waals surface area contributed by atoms with Crippen LogP contribution in [0.5, 0.6) is 23.0 Å². The lowest BCUT2D eigenvalue weighted by molar-refractivity contribution is 0.281. The van der Waals surface area contributed by atoms with E-state index in [0.717, 1.165) is 0 Å². The third-order valence-electron chi connectivity index (χ3n) is 12.3. The summed E-state index contributed by atoms with van der Waals surface area (Å²) in [5, 5.41) is -0.352. The number of pyridine rings is 2. The quantitative estimate of drug-likeness (QED) is 0.0834. The molecule has 2 aromatic heterocycles. The molecule has 10 aliphatic heterocycles. The Hall–Kier alpha value is -5.02. The number of hydrogen-bond acceptors (Lipinski definition) is 14. The molecule has 0 fully saturated rings. The van der Waals surface area contributed by atoms with E-state index in [4.69, 9.17) is 47.0 Å². The average molecular weight is 1090 g/mol. The molecule has 0 radical (unpaired) electrons. The highest BCUT2D eigenvalue weighted by Crippen LogP contribution is 2.51. The lowest BCUT2D eigenvalue weighted by Gasteiger charge is -2.32. The van der Waals surface area contributed by atoms with Gasteiger partial charge in [-0.3, -0.25) is 28.2 Å². The molecular formula is C52H62N2O16P4. The second-order valence-electron chi connectivity index (χ2n) is 18.1. The highest BCUT2D eigenvalue weighted by molar-refractivity contribution is 7.62. The van der Waals surface area contributed by atoms with Crippen LogP contribution in [0, 0.1) is 0 Å². The van der Waals surface area contributed by atoms with Crippen LogP contribution >= 0.6 is 30.4 Å². The number of rotatable bonds is 12. The Labute approximate surface area is 431 Å². The van der Waals surface area contributed by atoms with Crippen LogP contribution in [0.3, 0.4) is 0 Å². The third-order valence-corrected chi connectivity index (χ3v) is 18.6. The van der Waals surface area contributed by atoms with Crippen molar-refractivity contribution in [1.82, 2.24) is 9.97 Å². The Morgan fingerprint density at radius 1 is 0.405 bits per heavy atom. The van der Waals surface area contributed by atoms with Crippen molar-refractivity contribution >= 4 is 51.6 Å². The highest BCUT2D eigenvalue weighted by Gasteiger charge is 2.41. The Morgan fingerprint density at radius 2 is 0.622 bits per heavy atom. The van der Waals surface area contributed by atoms with Crippen LogP contribution in [0.25, 0.3) is 0 Å². The smallest absolute Gasteiger partial charge is 0.359 e. The average Bonchev–Trinajstić information content (AvgIpc) is 3.35. The van der Waals surface area contributed by atoms with E-state index in [2.05, 4.69) is 0 Å². The summed E-state index contributed by atoms with van der Waals surface area (Å²) in [7, 11) is -18.2. The first-order valence-corrected chi connectivity index (χ1v) is 30.2. The molecule has 74 heavy (non-hydrogen) atoms. The SMILES string of the molecule is CCOP(=O)(O)c1cc2ccc1C(C)(C)c1ccc(cc1P(=O)(O)OCC)OCc1cccc(n1)COc1ccc(c(P(=O)(O)OCC)c1)C(C)(C)c1ccc(cc1P(=O)(O)OCC)OCc1cccc(n1)CO2. The minimum Gasteiger partial charge on any atom is -0.487 e. The molecule has 10 aliphatic rings. The van der Waals surface area contributed by atoms with Crippen molar-refractivity contribution in [3.8, 4) is 23.0 Å². The van der Waals surface area contributed by atoms with E-state index in [-0.39, 0.29) is 97.1 Å². The molecule has 0 saturated heterocycles.